The number of nitrogens with one attached hydrogen (secondary N) is 1. The van der Waals surface area contributed by atoms with Crippen molar-refractivity contribution in [3.8, 4) is 0 Å². The minimum Gasteiger partial charge on any atom is -0.381 e. The lowest BCUT2D eigenvalue weighted by Crippen LogP contribution is -2.02. The zero-order valence-electron chi connectivity index (χ0n) is 9.81. The quantitative estimate of drug-likeness (QED) is 0.861. The number of benzene rings is 2. The maximum atomic E-state index is 13.4. The Balaban J connectivity index is 2.11. The van der Waals surface area contributed by atoms with Crippen molar-refractivity contribution in [2.45, 2.75) is 13.5 Å². The van der Waals surface area contributed by atoms with E-state index in [0.717, 1.165) is 23.4 Å². The van der Waals surface area contributed by atoms with Gasteiger partial charge in [0.15, 0.2) is 0 Å². The van der Waals surface area contributed by atoms with Gasteiger partial charge in [-0.3, -0.25) is 0 Å². The van der Waals surface area contributed by atoms with Gasteiger partial charge in [-0.05, 0) is 42.8 Å². The molecule has 94 valence electrons. The molecule has 2 rings (SSSR count). The summed E-state index contributed by atoms with van der Waals surface area (Å²) in [7, 11) is 0. The summed E-state index contributed by atoms with van der Waals surface area (Å²) in [5.41, 5.74) is 2.03. The molecule has 0 saturated heterocycles. The maximum absolute atomic E-state index is 13.4. The summed E-state index contributed by atoms with van der Waals surface area (Å²) in [6.45, 7) is 2.11. The molecule has 0 aliphatic rings. The standard InChI is InChI=1S/C14H12ClF2N/c1-9-2-4-12(7-13(9)15)18-8-10-6-11(16)3-5-14(10)17/h2-7,18H,8H2,1H3. The largest absolute Gasteiger partial charge is 0.381 e. The molecule has 18 heavy (non-hydrogen) atoms. The molecule has 2 aromatic carbocycles. The third kappa shape index (κ3) is 2.99. The molecular formula is C14H12ClF2N. The van der Waals surface area contributed by atoms with Gasteiger partial charge in [-0.1, -0.05) is 17.7 Å². The van der Waals surface area contributed by atoms with E-state index in [-0.39, 0.29) is 12.1 Å². The Labute approximate surface area is 109 Å². The van der Waals surface area contributed by atoms with Crippen LogP contribution in [-0.2, 0) is 6.54 Å². The lowest BCUT2D eigenvalue weighted by Gasteiger charge is -2.09. The fourth-order valence-corrected chi connectivity index (χ4v) is 1.76. The van der Waals surface area contributed by atoms with Gasteiger partial charge in [-0.15, -0.1) is 0 Å². The lowest BCUT2D eigenvalue weighted by molar-refractivity contribution is 0.587. The topological polar surface area (TPSA) is 12.0 Å². The first-order valence-electron chi connectivity index (χ1n) is 5.50. The highest BCUT2D eigenvalue weighted by Gasteiger charge is 2.04. The number of anilines is 1. The maximum Gasteiger partial charge on any atom is 0.128 e. The molecular weight excluding hydrogens is 256 g/mol. The van der Waals surface area contributed by atoms with Crippen LogP contribution in [-0.4, -0.2) is 0 Å². The Morgan fingerprint density at radius 1 is 1.11 bits per heavy atom. The number of aryl methyl sites for hydroxylation is 1. The Hall–Kier alpha value is -1.61. The zero-order chi connectivity index (χ0) is 13.1. The van der Waals surface area contributed by atoms with E-state index in [2.05, 4.69) is 5.32 Å². The van der Waals surface area contributed by atoms with Crippen LogP contribution in [0.2, 0.25) is 5.02 Å². The molecule has 0 saturated carbocycles. The third-order valence-corrected chi connectivity index (χ3v) is 3.07. The van der Waals surface area contributed by atoms with Gasteiger partial charge in [0.2, 0.25) is 0 Å². The van der Waals surface area contributed by atoms with Crippen LogP contribution >= 0.6 is 11.6 Å². The van der Waals surface area contributed by atoms with E-state index >= 15 is 0 Å². The predicted molar refractivity (Wildman–Crippen MR) is 69.9 cm³/mol. The molecule has 1 nitrogen and oxygen atoms in total. The fourth-order valence-electron chi connectivity index (χ4n) is 1.58. The number of hydrogen-bond acceptors (Lipinski definition) is 1. The molecule has 1 N–H and O–H groups in total. The molecule has 0 heterocycles. The van der Waals surface area contributed by atoms with Gasteiger partial charge in [0, 0.05) is 22.8 Å². The second-order valence-corrected chi connectivity index (χ2v) is 4.46. The molecule has 0 unspecified atom stereocenters. The molecule has 2 aromatic rings. The van der Waals surface area contributed by atoms with E-state index < -0.39 is 11.6 Å². The summed E-state index contributed by atoms with van der Waals surface area (Å²) < 4.78 is 26.4. The monoisotopic (exact) mass is 267 g/mol. The number of rotatable bonds is 3. The van der Waals surface area contributed by atoms with E-state index in [4.69, 9.17) is 11.6 Å². The van der Waals surface area contributed by atoms with E-state index in [1.807, 2.05) is 19.1 Å². The lowest BCUT2D eigenvalue weighted by atomic mass is 10.2. The summed E-state index contributed by atoms with van der Waals surface area (Å²) in [6, 6.07) is 8.87. The fraction of sp³-hybridized carbons (Fsp3) is 0.143. The van der Waals surface area contributed by atoms with Gasteiger partial charge >= 0.3 is 0 Å². The molecule has 4 heteroatoms. The molecule has 0 aliphatic heterocycles. The van der Waals surface area contributed by atoms with Gasteiger partial charge in [0.25, 0.3) is 0 Å². The minimum absolute atomic E-state index is 0.211. The summed E-state index contributed by atoms with van der Waals surface area (Å²) >= 11 is 5.98. The number of hydrogen-bond donors (Lipinski definition) is 1. The molecule has 0 atom stereocenters. The van der Waals surface area contributed by atoms with E-state index in [0.29, 0.717) is 5.02 Å². The van der Waals surface area contributed by atoms with Crippen LogP contribution in [0.25, 0.3) is 0 Å². The van der Waals surface area contributed by atoms with Crippen LogP contribution in [0.5, 0.6) is 0 Å². The first kappa shape index (κ1) is 12.8. The summed E-state index contributed by atoms with van der Waals surface area (Å²) in [5.74, 6) is -0.878. The molecule has 0 spiro atoms. The molecule has 0 aromatic heterocycles. The Kier molecular flexibility index (Phi) is 3.82. The van der Waals surface area contributed by atoms with Gasteiger partial charge in [0.1, 0.15) is 11.6 Å². The van der Waals surface area contributed by atoms with Gasteiger partial charge in [0.05, 0.1) is 0 Å². The number of halogens is 3. The van der Waals surface area contributed by atoms with Crippen molar-refractivity contribution < 1.29 is 8.78 Å². The van der Waals surface area contributed by atoms with Crippen molar-refractivity contribution in [3.05, 3.63) is 64.2 Å². The zero-order valence-corrected chi connectivity index (χ0v) is 10.6. The molecule has 0 radical (unpaired) electrons. The summed E-state index contributed by atoms with van der Waals surface area (Å²) in [5, 5.41) is 3.64. The Bertz CT molecular complexity index is 570. The summed E-state index contributed by atoms with van der Waals surface area (Å²) in [6.07, 6.45) is 0. The van der Waals surface area contributed by atoms with E-state index in [1.165, 1.54) is 6.07 Å². The molecule has 0 bridgehead atoms. The predicted octanol–water partition coefficient (Wildman–Crippen LogP) is 4.54. The van der Waals surface area contributed by atoms with E-state index in [9.17, 15) is 8.78 Å². The van der Waals surface area contributed by atoms with E-state index in [1.54, 1.807) is 6.07 Å². The van der Waals surface area contributed by atoms with Gasteiger partial charge in [-0.25, -0.2) is 8.78 Å². The van der Waals surface area contributed by atoms with Crippen molar-refractivity contribution in [1.29, 1.82) is 0 Å². The van der Waals surface area contributed by atoms with Crippen molar-refractivity contribution >= 4 is 17.3 Å². The van der Waals surface area contributed by atoms with Crippen LogP contribution in [0.4, 0.5) is 14.5 Å². The minimum atomic E-state index is -0.449. The van der Waals surface area contributed by atoms with Gasteiger partial charge < -0.3 is 5.32 Å². The highest BCUT2D eigenvalue weighted by atomic mass is 35.5. The Morgan fingerprint density at radius 2 is 1.89 bits per heavy atom. The van der Waals surface area contributed by atoms with Crippen LogP contribution < -0.4 is 5.32 Å². The Morgan fingerprint density at radius 3 is 2.61 bits per heavy atom. The normalized spacial score (nSPS) is 10.4. The smallest absolute Gasteiger partial charge is 0.128 e. The molecule has 0 amide bonds. The van der Waals surface area contributed by atoms with Crippen LogP contribution in [0.1, 0.15) is 11.1 Å². The highest BCUT2D eigenvalue weighted by molar-refractivity contribution is 6.31. The third-order valence-electron chi connectivity index (χ3n) is 2.66. The first-order chi connectivity index (χ1) is 8.56. The van der Waals surface area contributed by atoms with Crippen molar-refractivity contribution in [2.24, 2.45) is 0 Å². The van der Waals surface area contributed by atoms with Crippen LogP contribution in [0.15, 0.2) is 36.4 Å². The first-order valence-corrected chi connectivity index (χ1v) is 5.88. The SMILES string of the molecule is Cc1ccc(NCc2cc(F)ccc2F)cc1Cl. The van der Waals surface area contributed by atoms with Crippen molar-refractivity contribution in [2.75, 3.05) is 5.32 Å². The molecule has 0 fully saturated rings. The summed E-state index contributed by atoms with van der Waals surface area (Å²) in [4.78, 5) is 0. The second-order valence-electron chi connectivity index (χ2n) is 4.05. The average Bonchev–Trinajstić information content (AvgIpc) is 2.34. The van der Waals surface area contributed by atoms with Gasteiger partial charge in [-0.2, -0.15) is 0 Å². The van der Waals surface area contributed by atoms with Crippen molar-refractivity contribution in [3.63, 3.8) is 0 Å². The van der Waals surface area contributed by atoms with Crippen molar-refractivity contribution in [1.82, 2.24) is 0 Å². The highest BCUT2D eigenvalue weighted by Crippen LogP contribution is 2.21. The van der Waals surface area contributed by atoms with Crippen LogP contribution in [0, 0.1) is 18.6 Å². The van der Waals surface area contributed by atoms with Crippen LogP contribution in [0.3, 0.4) is 0 Å². The average molecular weight is 268 g/mol. The molecule has 0 aliphatic carbocycles. The second kappa shape index (κ2) is 5.36.